The SMILES string of the molecule is O=C(/C=C/c1c(Cl)nc2ccccn12)NNC(=O)c1ccccc1-n1cccc1. The van der Waals surface area contributed by atoms with Gasteiger partial charge in [0.15, 0.2) is 5.15 Å². The Kier molecular flexibility index (Phi) is 5.13. The molecule has 0 radical (unpaired) electrons. The molecule has 0 aliphatic heterocycles. The third-order valence-electron chi connectivity index (χ3n) is 4.25. The Morgan fingerprint density at radius 1 is 0.931 bits per heavy atom. The van der Waals surface area contributed by atoms with E-state index in [-0.39, 0.29) is 5.15 Å². The number of nitrogens with one attached hydrogen (secondary N) is 2. The number of amides is 2. The summed E-state index contributed by atoms with van der Waals surface area (Å²) in [5, 5.41) is 0.282. The van der Waals surface area contributed by atoms with E-state index in [1.807, 2.05) is 59.4 Å². The summed E-state index contributed by atoms with van der Waals surface area (Å²) >= 11 is 6.14. The van der Waals surface area contributed by atoms with Crippen molar-refractivity contribution in [3.63, 3.8) is 0 Å². The number of halogens is 1. The maximum atomic E-state index is 12.5. The predicted octanol–water partition coefficient (Wildman–Crippen LogP) is 3.25. The Bertz CT molecular complexity index is 1210. The molecule has 3 heterocycles. The number of carbonyl (C=O) groups is 2. The number of fused-ring (bicyclic) bond motifs is 1. The summed E-state index contributed by atoms with van der Waals surface area (Å²) in [5.41, 5.74) is 7.18. The molecule has 29 heavy (non-hydrogen) atoms. The monoisotopic (exact) mass is 405 g/mol. The molecule has 0 aliphatic carbocycles. The highest BCUT2D eigenvalue weighted by atomic mass is 35.5. The molecule has 4 rings (SSSR count). The second kappa shape index (κ2) is 8.04. The maximum absolute atomic E-state index is 12.5. The number of para-hydroxylation sites is 1. The summed E-state index contributed by atoms with van der Waals surface area (Å²) < 4.78 is 3.58. The lowest BCUT2D eigenvalue weighted by molar-refractivity contribution is -0.117. The zero-order valence-electron chi connectivity index (χ0n) is 15.1. The van der Waals surface area contributed by atoms with E-state index in [9.17, 15) is 9.59 Å². The predicted molar refractivity (Wildman–Crippen MR) is 111 cm³/mol. The molecule has 0 saturated heterocycles. The zero-order chi connectivity index (χ0) is 20.2. The number of rotatable bonds is 4. The average molecular weight is 406 g/mol. The quantitative estimate of drug-likeness (QED) is 0.404. The van der Waals surface area contributed by atoms with Crippen molar-refractivity contribution in [3.8, 4) is 5.69 Å². The van der Waals surface area contributed by atoms with Gasteiger partial charge in [-0.3, -0.25) is 24.8 Å². The minimum Gasteiger partial charge on any atom is -0.323 e. The first-order valence-corrected chi connectivity index (χ1v) is 9.14. The highest BCUT2D eigenvalue weighted by molar-refractivity contribution is 6.31. The summed E-state index contributed by atoms with van der Waals surface area (Å²) in [4.78, 5) is 28.9. The van der Waals surface area contributed by atoms with Crippen molar-refractivity contribution < 1.29 is 9.59 Å². The van der Waals surface area contributed by atoms with E-state index in [0.717, 1.165) is 0 Å². The van der Waals surface area contributed by atoms with Crippen LogP contribution in [0.5, 0.6) is 0 Å². The number of benzene rings is 1. The Morgan fingerprint density at radius 3 is 2.48 bits per heavy atom. The van der Waals surface area contributed by atoms with Crippen LogP contribution in [0.1, 0.15) is 16.1 Å². The van der Waals surface area contributed by atoms with Gasteiger partial charge >= 0.3 is 0 Å². The van der Waals surface area contributed by atoms with Gasteiger partial charge in [0, 0.05) is 24.7 Å². The largest absolute Gasteiger partial charge is 0.323 e. The molecule has 0 spiro atoms. The fourth-order valence-electron chi connectivity index (χ4n) is 2.90. The van der Waals surface area contributed by atoms with Gasteiger partial charge in [-0.05, 0) is 42.5 Å². The van der Waals surface area contributed by atoms with Crippen molar-refractivity contribution in [3.05, 3.63) is 95.7 Å². The number of imidazole rings is 1. The number of hydrogen-bond donors (Lipinski definition) is 2. The summed E-state index contributed by atoms with van der Waals surface area (Å²) in [5.74, 6) is -0.928. The molecule has 0 aliphatic rings. The molecular formula is C21H16ClN5O2. The summed E-state index contributed by atoms with van der Waals surface area (Å²) in [6, 6.07) is 16.3. The highest BCUT2D eigenvalue weighted by Gasteiger charge is 2.12. The van der Waals surface area contributed by atoms with Crippen LogP contribution in [0.25, 0.3) is 17.4 Å². The molecule has 4 aromatic rings. The van der Waals surface area contributed by atoms with Crippen molar-refractivity contribution in [2.24, 2.45) is 0 Å². The molecule has 144 valence electrons. The molecule has 2 amide bonds. The molecule has 3 aromatic heterocycles. The lowest BCUT2D eigenvalue weighted by atomic mass is 10.1. The van der Waals surface area contributed by atoms with Gasteiger partial charge < -0.3 is 4.57 Å². The molecule has 7 nitrogen and oxygen atoms in total. The topological polar surface area (TPSA) is 80.4 Å². The van der Waals surface area contributed by atoms with E-state index < -0.39 is 11.8 Å². The van der Waals surface area contributed by atoms with E-state index in [4.69, 9.17) is 11.6 Å². The Morgan fingerprint density at radius 2 is 1.66 bits per heavy atom. The molecule has 0 bridgehead atoms. The fraction of sp³-hybridized carbons (Fsp3) is 0. The van der Waals surface area contributed by atoms with Crippen LogP contribution in [0.4, 0.5) is 0 Å². The van der Waals surface area contributed by atoms with Gasteiger partial charge in [-0.15, -0.1) is 0 Å². The van der Waals surface area contributed by atoms with Crippen molar-refractivity contribution in [1.82, 2.24) is 24.8 Å². The van der Waals surface area contributed by atoms with Crippen LogP contribution in [-0.2, 0) is 4.79 Å². The van der Waals surface area contributed by atoms with E-state index in [1.54, 1.807) is 22.7 Å². The molecule has 0 saturated carbocycles. The summed E-state index contributed by atoms with van der Waals surface area (Å²) in [6.45, 7) is 0. The number of hydrazine groups is 1. The second-order valence-electron chi connectivity index (χ2n) is 6.10. The standard InChI is InChI=1S/C21H16ClN5O2/c22-20-17(27-14-4-3-9-18(27)23-20)10-11-19(28)24-25-21(29)15-7-1-2-8-16(15)26-12-5-6-13-26/h1-14H,(H,24,28)(H,25,29)/b11-10+. The van der Waals surface area contributed by atoms with Crippen LogP contribution in [-0.4, -0.2) is 25.8 Å². The number of aromatic nitrogens is 3. The second-order valence-corrected chi connectivity index (χ2v) is 6.46. The third kappa shape index (κ3) is 3.90. The number of hydrogen-bond acceptors (Lipinski definition) is 3. The smallest absolute Gasteiger partial charge is 0.271 e. The van der Waals surface area contributed by atoms with Gasteiger partial charge in [0.25, 0.3) is 11.8 Å². The van der Waals surface area contributed by atoms with Crippen LogP contribution in [0.15, 0.2) is 79.3 Å². The van der Waals surface area contributed by atoms with Crippen molar-refractivity contribution in [1.29, 1.82) is 0 Å². The molecule has 1 aromatic carbocycles. The van der Waals surface area contributed by atoms with E-state index in [0.29, 0.717) is 22.6 Å². The van der Waals surface area contributed by atoms with Crippen molar-refractivity contribution in [2.45, 2.75) is 0 Å². The first-order valence-electron chi connectivity index (χ1n) is 8.77. The van der Waals surface area contributed by atoms with Gasteiger partial charge in [-0.1, -0.05) is 29.8 Å². The Hall–Kier alpha value is -3.84. The minimum absolute atomic E-state index is 0.282. The lowest BCUT2D eigenvalue weighted by Gasteiger charge is -2.11. The van der Waals surface area contributed by atoms with E-state index in [1.165, 1.54) is 12.2 Å². The number of pyridine rings is 1. The summed E-state index contributed by atoms with van der Waals surface area (Å²) in [7, 11) is 0. The average Bonchev–Trinajstić information content (AvgIpc) is 3.38. The first kappa shape index (κ1) is 18.5. The van der Waals surface area contributed by atoms with E-state index in [2.05, 4.69) is 15.8 Å². The van der Waals surface area contributed by atoms with Gasteiger partial charge in [0.1, 0.15) is 5.65 Å². The molecule has 8 heteroatoms. The van der Waals surface area contributed by atoms with E-state index >= 15 is 0 Å². The van der Waals surface area contributed by atoms with Gasteiger partial charge in [-0.25, -0.2) is 4.98 Å². The molecule has 2 N–H and O–H groups in total. The minimum atomic E-state index is -0.501. The van der Waals surface area contributed by atoms with Gasteiger partial charge in [0.05, 0.1) is 16.9 Å². The van der Waals surface area contributed by atoms with Crippen LogP contribution in [0.3, 0.4) is 0 Å². The third-order valence-corrected chi connectivity index (χ3v) is 4.52. The maximum Gasteiger partial charge on any atom is 0.271 e. The summed E-state index contributed by atoms with van der Waals surface area (Å²) in [6.07, 6.45) is 8.30. The van der Waals surface area contributed by atoms with Crippen LogP contribution >= 0.6 is 11.6 Å². The lowest BCUT2D eigenvalue weighted by Crippen LogP contribution is -2.41. The Balaban J connectivity index is 1.45. The molecular weight excluding hydrogens is 390 g/mol. The van der Waals surface area contributed by atoms with Crippen molar-refractivity contribution >= 4 is 35.1 Å². The number of carbonyl (C=O) groups excluding carboxylic acids is 2. The number of nitrogens with zero attached hydrogens (tertiary/aromatic N) is 3. The van der Waals surface area contributed by atoms with Gasteiger partial charge in [-0.2, -0.15) is 0 Å². The molecule has 0 atom stereocenters. The van der Waals surface area contributed by atoms with Crippen LogP contribution in [0, 0.1) is 0 Å². The van der Waals surface area contributed by atoms with Crippen molar-refractivity contribution in [2.75, 3.05) is 0 Å². The molecule has 0 unspecified atom stereocenters. The van der Waals surface area contributed by atoms with Crippen LogP contribution in [0.2, 0.25) is 5.15 Å². The van der Waals surface area contributed by atoms with Crippen LogP contribution < -0.4 is 10.9 Å². The Labute approximate surface area is 171 Å². The fourth-order valence-corrected chi connectivity index (χ4v) is 3.14. The first-order chi connectivity index (χ1) is 14.1. The normalized spacial score (nSPS) is 11.1. The van der Waals surface area contributed by atoms with Gasteiger partial charge in [0.2, 0.25) is 0 Å². The molecule has 0 fully saturated rings. The highest BCUT2D eigenvalue weighted by Crippen LogP contribution is 2.18. The zero-order valence-corrected chi connectivity index (χ0v) is 15.9.